The summed E-state index contributed by atoms with van der Waals surface area (Å²) >= 11 is 6.13. The van der Waals surface area contributed by atoms with Crippen molar-refractivity contribution < 1.29 is 14.3 Å². The fourth-order valence-electron chi connectivity index (χ4n) is 2.30. The molecule has 1 atom stereocenters. The van der Waals surface area contributed by atoms with E-state index in [2.05, 4.69) is 5.32 Å². The monoisotopic (exact) mass is 358 g/mol. The van der Waals surface area contributed by atoms with Gasteiger partial charge in [-0.05, 0) is 37.6 Å². The molecule has 130 valence electrons. The Balaban J connectivity index is 1.98. The minimum absolute atomic E-state index is 0.166. The van der Waals surface area contributed by atoms with Gasteiger partial charge in [0.25, 0.3) is 5.91 Å². The van der Waals surface area contributed by atoms with Gasteiger partial charge in [0.15, 0.2) is 18.1 Å². The zero-order chi connectivity index (χ0) is 18.2. The van der Waals surface area contributed by atoms with Crippen LogP contribution in [0.3, 0.4) is 0 Å². The Hall–Kier alpha value is -2.71. The lowest BCUT2D eigenvalue weighted by molar-refractivity contribution is -0.123. The van der Waals surface area contributed by atoms with Crippen LogP contribution in [0.1, 0.15) is 31.0 Å². The first-order valence-corrected chi connectivity index (χ1v) is 8.26. The van der Waals surface area contributed by atoms with Gasteiger partial charge in [0.05, 0.1) is 24.3 Å². The Morgan fingerprint density at radius 3 is 2.68 bits per heavy atom. The van der Waals surface area contributed by atoms with Crippen molar-refractivity contribution in [2.24, 2.45) is 0 Å². The fourth-order valence-corrected chi connectivity index (χ4v) is 2.60. The van der Waals surface area contributed by atoms with Crippen molar-refractivity contribution in [1.82, 2.24) is 5.32 Å². The summed E-state index contributed by atoms with van der Waals surface area (Å²) in [4.78, 5) is 12.1. The molecule has 0 saturated carbocycles. The Labute approximate surface area is 152 Å². The number of ether oxygens (including phenoxy) is 2. The molecule has 2 rings (SSSR count). The van der Waals surface area contributed by atoms with E-state index in [1.165, 1.54) is 0 Å². The summed E-state index contributed by atoms with van der Waals surface area (Å²) in [5.74, 6) is 0.578. The lowest BCUT2D eigenvalue weighted by Crippen LogP contribution is -2.31. The maximum absolute atomic E-state index is 12.1. The number of benzene rings is 2. The predicted octanol–water partition coefficient (Wildman–Crippen LogP) is 3.87. The smallest absolute Gasteiger partial charge is 0.258 e. The van der Waals surface area contributed by atoms with Gasteiger partial charge >= 0.3 is 0 Å². The van der Waals surface area contributed by atoms with Crippen LogP contribution < -0.4 is 14.8 Å². The zero-order valence-electron chi connectivity index (χ0n) is 14.1. The molecule has 0 fully saturated rings. The van der Waals surface area contributed by atoms with Crippen LogP contribution in [-0.4, -0.2) is 19.1 Å². The van der Waals surface area contributed by atoms with Gasteiger partial charge < -0.3 is 14.8 Å². The second-order valence-electron chi connectivity index (χ2n) is 5.31. The van der Waals surface area contributed by atoms with E-state index in [-0.39, 0.29) is 18.6 Å². The van der Waals surface area contributed by atoms with Crippen molar-refractivity contribution >= 4 is 17.5 Å². The van der Waals surface area contributed by atoms with Gasteiger partial charge in [-0.25, -0.2) is 0 Å². The molecule has 0 radical (unpaired) electrons. The summed E-state index contributed by atoms with van der Waals surface area (Å²) in [6, 6.07) is 14.0. The normalized spacial score (nSPS) is 11.3. The zero-order valence-corrected chi connectivity index (χ0v) is 14.8. The summed E-state index contributed by atoms with van der Waals surface area (Å²) in [5.41, 5.74) is 1.30. The summed E-state index contributed by atoms with van der Waals surface area (Å²) in [5, 5.41) is 12.4. The highest BCUT2D eigenvalue weighted by atomic mass is 35.5. The molecule has 0 saturated heterocycles. The van der Waals surface area contributed by atoms with Gasteiger partial charge in [0.2, 0.25) is 0 Å². The molecule has 2 aromatic rings. The van der Waals surface area contributed by atoms with E-state index in [1.54, 1.807) is 24.3 Å². The van der Waals surface area contributed by atoms with Crippen LogP contribution in [0.4, 0.5) is 0 Å². The molecule has 1 unspecified atom stereocenters. The Morgan fingerprint density at radius 2 is 2.00 bits per heavy atom. The minimum atomic E-state index is -0.278. The summed E-state index contributed by atoms with van der Waals surface area (Å²) in [6.07, 6.45) is 0. The highest BCUT2D eigenvalue weighted by Gasteiger charge is 2.14. The van der Waals surface area contributed by atoms with Crippen molar-refractivity contribution in [2.75, 3.05) is 13.2 Å². The van der Waals surface area contributed by atoms with Gasteiger partial charge in [-0.15, -0.1) is 0 Å². The van der Waals surface area contributed by atoms with Crippen LogP contribution in [-0.2, 0) is 4.79 Å². The molecule has 2 aromatic carbocycles. The molecule has 0 aliphatic rings. The highest BCUT2D eigenvalue weighted by molar-refractivity contribution is 6.31. The van der Waals surface area contributed by atoms with Crippen LogP contribution in [0.15, 0.2) is 42.5 Å². The van der Waals surface area contributed by atoms with Crippen LogP contribution in [0.5, 0.6) is 11.5 Å². The number of halogens is 1. The number of nitrogens with one attached hydrogen (secondary N) is 1. The first kappa shape index (κ1) is 18.6. The maximum Gasteiger partial charge on any atom is 0.258 e. The third-order valence-corrected chi connectivity index (χ3v) is 3.82. The maximum atomic E-state index is 12.1. The second kappa shape index (κ2) is 8.95. The largest absolute Gasteiger partial charge is 0.490 e. The van der Waals surface area contributed by atoms with E-state index < -0.39 is 0 Å². The molecular formula is C19H19ClN2O3. The van der Waals surface area contributed by atoms with E-state index in [0.717, 1.165) is 5.56 Å². The topological polar surface area (TPSA) is 71.3 Å². The van der Waals surface area contributed by atoms with Gasteiger partial charge in [0.1, 0.15) is 0 Å². The molecule has 0 aliphatic carbocycles. The van der Waals surface area contributed by atoms with Crippen LogP contribution in [0, 0.1) is 11.3 Å². The number of carbonyl (C=O) groups excluding carboxylic acids is 1. The molecule has 1 amide bonds. The third kappa shape index (κ3) is 5.13. The lowest BCUT2D eigenvalue weighted by Gasteiger charge is -2.16. The Morgan fingerprint density at radius 1 is 1.24 bits per heavy atom. The molecule has 0 bridgehead atoms. The lowest BCUT2D eigenvalue weighted by atomic mass is 10.1. The molecule has 1 N–H and O–H groups in total. The predicted molar refractivity (Wildman–Crippen MR) is 95.8 cm³/mol. The molecule has 5 nitrogen and oxygen atoms in total. The average Bonchev–Trinajstić information content (AvgIpc) is 2.61. The highest BCUT2D eigenvalue weighted by Crippen LogP contribution is 2.28. The number of nitrogens with zero attached hydrogens (tertiary/aromatic N) is 1. The number of amides is 1. The summed E-state index contributed by atoms with van der Waals surface area (Å²) in [7, 11) is 0. The van der Waals surface area contributed by atoms with Crippen LogP contribution >= 0.6 is 11.6 Å². The molecule has 0 spiro atoms. The van der Waals surface area contributed by atoms with E-state index in [9.17, 15) is 4.79 Å². The van der Waals surface area contributed by atoms with E-state index in [0.29, 0.717) is 28.7 Å². The number of nitriles is 1. The molecule has 0 aromatic heterocycles. The first-order chi connectivity index (χ1) is 12.0. The SMILES string of the molecule is CCOc1cc(C#N)ccc1OCC(=O)NC(C)c1ccccc1Cl. The van der Waals surface area contributed by atoms with Gasteiger partial charge in [-0.2, -0.15) is 5.26 Å². The number of carbonyl (C=O) groups is 1. The minimum Gasteiger partial charge on any atom is -0.490 e. The van der Waals surface area contributed by atoms with E-state index >= 15 is 0 Å². The first-order valence-electron chi connectivity index (χ1n) is 7.88. The summed E-state index contributed by atoms with van der Waals surface area (Å²) < 4.78 is 11.0. The molecular weight excluding hydrogens is 340 g/mol. The van der Waals surface area contributed by atoms with Crippen molar-refractivity contribution in [2.45, 2.75) is 19.9 Å². The molecule has 6 heteroatoms. The number of rotatable bonds is 7. The molecule has 0 aliphatic heterocycles. The van der Waals surface area contributed by atoms with Gasteiger partial charge in [-0.3, -0.25) is 4.79 Å². The molecule has 25 heavy (non-hydrogen) atoms. The van der Waals surface area contributed by atoms with E-state index in [4.69, 9.17) is 26.3 Å². The standard InChI is InChI=1S/C19H19ClN2O3/c1-3-24-18-10-14(11-21)8-9-17(18)25-12-19(23)22-13(2)15-6-4-5-7-16(15)20/h4-10,13H,3,12H2,1-2H3,(H,22,23). The fraction of sp³-hybridized carbons (Fsp3) is 0.263. The Bertz CT molecular complexity index is 786. The van der Waals surface area contributed by atoms with Crippen molar-refractivity contribution in [3.8, 4) is 17.6 Å². The van der Waals surface area contributed by atoms with Crippen LogP contribution in [0.2, 0.25) is 5.02 Å². The third-order valence-electron chi connectivity index (χ3n) is 3.48. The van der Waals surface area contributed by atoms with E-state index in [1.807, 2.05) is 38.1 Å². The quantitative estimate of drug-likeness (QED) is 0.815. The van der Waals surface area contributed by atoms with Gasteiger partial charge in [-0.1, -0.05) is 29.8 Å². The Kier molecular flexibility index (Phi) is 6.67. The van der Waals surface area contributed by atoms with Crippen LogP contribution in [0.25, 0.3) is 0 Å². The van der Waals surface area contributed by atoms with Crippen molar-refractivity contribution in [1.29, 1.82) is 5.26 Å². The second-order valence-corrected chi connectivity index (χ2v) is 5.71. The van der Waals surface area contributed by atoms with Crippen molar-refractivity contribution in [3.05, 3.63) is 58.6 Å². The number of hydrogen-bond acceptors (Lipinski definition) is 4. The van der Waals surface area contributed by atoms with Gasteiger partial charge in [0, 0.05) is 11.1 Å². The summed E-state index contributed by atoms with van der Waals surface area (Å²) in [6.45, 7) is 3.95. The molecule has 0 heterocycles. The number of hydrogen-bond donors (Lipinski definition) is 1. The van der Waals surface area contributed by atoms with Crippen molar-refractivity contribution in [3.63, 3.8) is 0 Å². The average molecular weight is 359 g/mol.